The van der Waals surface area contributed by atoms with Gasteiger partial charge in [-0.15, -0.1) is 11.8 Å². The summed E-state index contributed by atoms with van der Waals surface area (Å²) in [4.78, 5) is 27.7. The number of benzene rings is 2. The fourth-order valence-electron chi connectivity index (χ4n) is 7.18. The Hall–Kier alpha value is -2.48. The number of rotatable bonds is 4. The van der Waals surface area contributed by atoms with Crippen LogP contribution in [0.4, 0.5) is 24.5 Å². The maximum atomic E-state index is 13.5. The van der Waals surface area contributed by atoms with Crippen molar-refractivity contribution in [2.75, 3.05) is 16.0 Å². The van der Waals surface area contributed by atoms with Crippen molar-refractivity contribution in [3.05, 3.63) is 59.7 Å². The number of hydrogen-bond acceptors (Lipinski definition) is 3. The van der Waals surface area contributed by atoms with E-state index in [2.05, 4.69) is 5.32 Å². The molecule has 2 aromatic rings. The number of anilines is 2. The molecule has 0 radical (unpaired) electrons. The highest BCUT2D eigenvalue weighted by molar-refractivity contribution is 8.00. The van der Waals surface area contributed by atoms with Gasteiger partial charge in [0.25, 0.3) is 0 Å². The molecule has 0 aromatic heterocycles. The van der Waals surface area contributed by atoms with E-state index in [9.17, 15) is 22.8 Å². The summed E-state index contributed by atoms with van der Waals surface area (Å²) in [6.45, 7) is 0. The van der Waals surface area contributed by atoms with Crippen molar-refractivity contribution in [3.63, 3.8) is 0 Å². The number of alkyl halides is 3. The quantitative estimate of drug-likeness (QED) is 0.512. The van der Waals surface area contributed by atoms with Gasteiger partial charge in [-0.2, -0.15) is 13.2 Å². The molecule has 1 N–H and O–H groups in total. The third-order valence-corrected chi connectivity index (χ3v) is 9.50. The average molecular weight is 501 g/mol. The Kier molecular flexibility index (Phi) is 5.43. The lowest BCUT2D eigenvalue weighted by Crippen LogP contribution is -2.51. The Bertz CT molecular complexity index is 1130. The van der Waals surface area contributed by atoms with Crippen LogP contribution >= 0.6 is 11.8 Å². The van der Waals surface area contributed by atoms with Gasteiger partial charge in [0.2, 0.25) is 11.8 Å². The van der Waals surface area contributed by atoms with Gasteiger partial charge in [0.05, 0.1) is 16.7 Å². The molecule has 1 saturated heterocycles. The van der Waals surface area contributed by atoms with E-state index in [0.717, 1.165) is 37.0 Å². The van der Waals surface area contributed by atoms with Gasteiger partial charge >= 0.3 is 6.18 Å². The van der Waals surface area contributed by atoms with E-state index in [0.29, 0.717) is 29.1 Å². The van der Waals surface area contributed by atoms with E-state index < -0.39 is 11.7 Å². The first-order chi connectivity index (χ1) is 16.7. The van der Waals surface area contributed by atoms with Crippen LogP contribution in [0.25, 0.3) is 0 Å². The smallest absolute Gasteiger partial charge is 0.326 e. The van der Waals surface area contributed by atoms with E-state index in [4.69, 9.17) is 0 Å². The number of thioether (sulfide) groups is 1. The number of nitrogens with one attached hydrogen (secondary N) is 1. The molecule has 1 atom stereocenters. The summed E-state index contributed by atoms with van der Waals surface area (Å²) in [5.74, 6) is 2.24. The monoisotopic (exact) mass is 500 g/mol. The molecule has 2 amide bonds. The van der Waals surface area contributed by atoms with Gasteiger partial charge in [-0.3, -0.25) is 14.5 Å². The second-order valence-electron chi connectivity index (χ2n) is 10.7. The van der Waals surface area contributed by atoms with Crippen LogP contribution in [-0.4, -0.2) is 17.6 Å². The lowest BCUT2D eigenvalue weighted by Gasteiger charge is -2.55. The molecular formula is C27H27F3N2O2S. The van der Waals surface area contributed by atoms with E-state index in [1.807, 2.05) is 24.3 Å². The van der Waals surface area contributed by atoms with Gasteiger partial charge in [0, 0.05) is 11.4 Å². The Morgan fingerprint density at radius 2 is 1.60 bits per heavy atom. The van der Waals surface area contributed by atoms with E-state index in [1.165, 1.54) is 43.2 Å². The third-order valence-electron chi connectivity index (χ3n) is 8.29. The molecule has 7 rings (SSSR count). The molecule has 5 fully saturated rings. The lowest BCUT2D eigenvalue weighted by atomic mass is 9.49. The highest BCUT2D eigenvalue weighted by Gasteiger charge is 2.54. The lowest BCUT2D eigenvalue weighted by molar-refractivity contribution is -0.140. The van der Waals surface area contributed by atoms with Crippen LogP contribution in [0.2, 0.25) is 0 Å². The summed E-state index contributed by atoms with van der Waals surface area (Å²) in [7, 11) is 0. The van der Waals surface area contributed by atoms with Crippen LogP contribution < -0.4 is 10.2 Å². The number of hydrogen-bond donors (Lipinski definition) is 1. The van der Waals surface area contributed by atoms with Gasteiger partial charge < -0.3 is 5.32 Å². The largest absolute Gasteiger partial charge is 0.416 e. The standard InChI is InChI=1S/C27H27F3N2O2S/c28-27(29,30)20-4-6-22(7-5-20)32-23(33)15-35-24(32)19-2-1-3-21(11-19)31-25(34)26-12-16-8-17(13-26)10-18(9-16)14-26/h1-7,11,16-18,24H,8-10,12-15H2,(H,31,34)/t16?,17?,18?,24-,26?/m1/s1. The number of amides is 2. The summed E-state index contributed by atoms with van der Waals surface area (Å²) in [5, 5.41) is 2.81. The van der Waals surface area contributed by atoms with Crippen molar-refractivity contribution >= 4 is 35.0 Å². The fraction of sp³-hybridized carbons (Fsp3) is 0.481. The van der Waals surface area contributed by atoms with Crippen molar-refractivity contribution in [2.24, 2.45) is 23.2 Å². The molecule has 1 heterocycles. The van der Waals surface area contributed by atoms with Crippen molar-refractivity contribution in [2.45, 2.75) is 50.1 Å². The van der Waals surface area contributed by atoms with Crippen molar-refractivity contribution in [3.8, 4) is 0 Å². The Morgan fingerprint density at radius 3 is 2.20 bits per heavy atom. The summed E-state index contributed by atoms with van der Waals surface area (Å²) < 4.78 is 38.9. The number of halogens is 3. The number of nitrogens with zero attached hydrogens (tertiary/aromatic N) is 1. The first-order valence-corrected chi connectivity index (χ1v) is 13.3. The summed E-state index contributed by atoms with van der Waals surface area (Å²) in [6, 6.07) is 12.2. The first kappa shape index (κ1) is 23.0. The summed E-state index contributed by atoms with van der Waals surface area (Å²) >= 11 is 1.43. The van der Waals surface area contributed by atoms with Crippen molar-refractivity contribution in [1.29, 1.82) is 0 Å². The van der Waals surface area contributed by atoms with Gasteiger partial charge in [0.15, 0.2) is 0 Å². The van der Waals surface area contributed by atoms with Crippen LogP contribution in [0.15, 0.2) is 48.5 Å². The van der Waals surface area contributed by atoms with Crippen molar-refractivity contribution < 1.29 is 22.8 Å². The number of carbonyl (C=O) groups is 2. The topological polar surface area (TPSA) is 49.4 Å². The molecule has 184 valence electrons. The van der Waals surface area contributed by atoms with Gasteiger partial charge in [-0.25, -0.2) is 0 Å². The zero-order valence-corrected chi connectivity index (χ0v) is 20.0. The van der Waals surface area contributed by atoms with Crippen LogP contribution in [-0.2, 0) is 15.8 Å². The first-order valence-electron chi connectivity index (χ1n) is 12.2. The molecular weight excluding hydrogens is 473 g/mol. The second kappa shape index (κ2) is 8.29. The Morgan fingerprint density at radius 1 is 0.971 bits per heavy atom. The minimum absolute atomic E-state index is 0.114. The normalized spacial score (nSPS) is 31.7. The summed E-state index contributed by atoms with van der Waals surface area (Å²) in [6.07, 6.45) is 2.35. The number of carbonyl (C=O) groups excluding carboxylic acids is 2. The minimum atomic E-state index is -4.43. The molecule has 0 spiro atoms. The fourth-order valence-corrected chi connectivity index (χ4v) is 8.35. The van der Waals surface area contributed by atoms with E-state index in [-0.39, 0.29) is 28.4 Å². The molecule has 4 bridgehead atoms. The Balaban J connectivity index is 1.22. The molecule has 4 nitrogen and oxygen atoms in total. The SMILES string of the molecule is O=C1CS[C@H](c2cccc(NC(=O)C34CC5CC(CC(C5)C3)C4)c2)N1c1ccc(C(F)(F)F)cc1. The molecule has 0 unspecified atom stereocenters. The summed E-state index contributed by atoms with van der Waals surface area (Å²) in [5.41, 5.74) is 0.974. The molecule has 2 aromatic carbocycles. The predicted octanol–water partition coefficient (Wildman–Crippen LogP) is 6.64. The molecule has 5 aliphatic rings. The predicted molar refractivity (Wildman–Crippen MR) is 130 cm³/mol. The molecule has 4 saturated carbocycles. The van der Waals surface area contributed by atoms with Crippen molar-refractivity contribution in [1.82, 2.24) is 0 Å². The van der Waals surface area contributed by atoms with Crippen LogP contribution in [0.3, 0.4) is 0 Å². The maximum Gasteiger partial charge on any atom is 0.416 e. The third kappa shape index (κ3) is 4.13. The highest BCUT2D eigenvalue weighted by atomic mass is 32.2. The molecule has 35 heavy (non-hydrogen) atoms. The van der Waals surface area contributed by atoms with Gasteiger partial charge in [0.1, 0.15) is 5.37 Å². The highest BCUT2D eigenvalue weighted by Crippen LogP contribution is 2.60. The van der Waals surface area contributed by atoms with Crippen LogP contribution in [0.5, 0.6) is 0 Å². The van der Waals surface area contributed by atoms with E-state index in [1.54, 1.807) is 4.90 Å². The molecule has 4 aliphatic carbocycles. The maximum absolute atomic E-state index is 13.5. The van der Waals surface area contributed by atoms with Crippen LogP contribution in [0.1, 0.15) is 55.0 Å². The van der Waals surface area contributed by atoms with Gasteiger partial charge in [-0.1, -0.05) is 12.1 Å². The Labute approximate surface area is 206 Å². The zero-order valence-electron chi connectivity index (χ0n) is 19.2. The molecule has 1 aliphatic heterocycles. The zero-order chi connectivity index (χ0) is 24.4. The minimum Gasteiger partial charge on any atom is -0.326 e. The van der Waals surface area contributed by atoms with E-state index >= 15 is 0 Å². The second-order valence-corrected chi connectivity index (χ2v) is 11.8. The van der Waals surface area contributed by atoms with Gasteiger partial charge in [-0.05, 0) is 98.2 Å². The molecule has 8 heteroatoms. The average Bonchev–Trinajstić information content (AvgIpc) is 3.19. The van der Waals surface area contributed by atoms with Crippen LogP contribution in [0, 0.1) is 23.2 Å².